The van der Waals surface area contributed by atoms with E-state index in [0.29, 0.717) is 5.69 Å². The first-order valence-corrected chi connectivity index (χ1v) is 6.58. The highest BCUT2D eigenvalue weighted by Crippen LogP contribution is 2.02. The molecule has 1 aromatic rings. The van der Waals surface area contributed by atoms with Gasteiger partial charge in [0.15, 0.2) is 0 Å². The highest BCUT2D eigenvalue weighted by atomic mass is 32.2. The topological polar surface area (TPSA) is 87.6 Å². The Morgan fingerprint density at radius 3 is 2.71 bits per heavy atom. The van der Waals surface area contributed by atoms with Crippen LogP contribution in [0.3, 0.4) is 0 Å². The second-order valence-corrected chi connectivity index (χ2v) is 5.73. The third kappa shape index (κ3) is 4.49. The molecule has 1 heterocycles. The SMILES string of the molecule is CN(CC(=O)O)S(=O)(=O)CCc1ccccn1. The highest BCUT2D eigenvalue weighted by Gasteiger charge is 2.20. The highest BCUT2D eigenvalue weighted by molar-refractivity contribution is 7.89. The van der Waals surface area contributed by atoms with Gasteiger partial charge in [-0.1, -0.05) is 6.07 Å². The second kappa shape index (κ2) is 5.74. The maximum absolute atomic E-state index is 11.7. The smallest absolute Gasteiger partial charge is 0.318 e. The van der Waals surface area contributed by atoms with Gasteiger partial charge in [0.05, 0.1) is 5.75 Å². The van der Waals surface area contributed by atoms with Crippen molar-refractivity contribution in [2.24, 2.45) is 0 Å². The lowest BCUT2D eigenvalue weighted by molar-refractivity contribution is -0.137. The quantitative estimate of drug-likeness (QED) is 0.774. The third-order valence-corrected chi connectivity index (χ3v) is 3.97. The number of aromatic nitrogens is 1. The number of carboxylic acids is 1. The van der Waals surface area contributed by atoms with Crippen molar-refractivity contribution in [2.45, 2.75) is 6.42 Å². The molecule has 0 aliphatic heterocycles. The Morgan fingerprint density at radius 1 is 1.47 bits per heavy atom. The lowest BCUT2D eigenvalue weighted by Gasteiger charge is -2.14. The number of pyridine rings is 1. The minimum Gasteiger partial charge on any atom is -0.480 e. The van der Waals surface area contributed by atoms with E-state index in [0.717, 1.165) is 4.31 Å². The number of rotatable bonds is 6. The molecule has 0 aliphatic carbocycles. The zero-order valence-electron chi connectivity index (χ0n) is 9.41. The van der Waals surface area contributed by atoms with Gasteiger partial charge in [-0.25, -0.2) is 8.42 Å². The molecule has 0 saturated heterocycles. The van der Waals surface area contributed by atoms with E-state index in [1.54, 1.807) is 24.4 Å². The summed E-state index contributed by atoms with van der Waals surface area (Å²) >= 11 is 0. The fourth-order valence-corrected chi connectivity index (χ4v) is 2.31. The lowest BCUT2D eigenvalue weighted by Crippen LogP contribution is -2.34. The van der Waals surface area contributed by atoms with Crippen molar-refractivity contribution in [1.82, 2.24) is 9.29 Å². The van der Waals surface area contributed by atoms with Gasteiger partial charge in [0, 0.05) is 25.4 Å². The molecule has 0 fully saturated rings. The number of carbonyl (C=O) groups is 1. The van der Waals surface area contributed by atoms with Crippen LogP contribution in [0.1, 0.15) is 5.69 Å². The molecule has 1 rings (SSSR count). The average Bonchev–Trinajstić information content (AvgIpc) is 2.27. The Kier molecular flexibility index (Phi) is 4.59. The Balaban J connectivity index is 2.59. The molecule has 1 aromatic heterocycles. The Labute approximate surface area is 100.0 Å². The lowest BCUT2D eigenvalue weighted by atomic mass is 10.3. The zero-order valence-corrected chi connectivity index (χ0v) is 10.2. The monoisotopic (exact) mass is 258 g/mol. The van der Waals surface area contributed by atoms with Gasteiger partial charge in [-0.3, -0.25) is 9.78 Å². The van der Waals surface area contributed by atoms with Crippen molar-refractivity contribution >= 4 is 16.0 Å². The second-order valence-electron chi connectivity index (χ2n) is 3.54. The summed E-state index contributed by atoms with van der Waals surface area (Å²) in [4.78, 5) is 14.4. The van der Waals surface area contributed by atoms with Gasteiger partial charge in [0.25, 0.3) is 0 Å². The first-order valence-electron chi connectivity index (χ1n) is 4.97. The van der Waals surface area contributed by atoms with E-state index in [4.69, 9.17) is 5.11 Å². The molecule has 17 heavy (non-hydrogen) atoms. The number of aliphatic carboxylic acids is 1. The van der Waals surface area contributed by atoms with Crippen molar-refractivity contribution in [1.29, 1.82) is 0 Å². The van der Waals surface area contributed by atoms with Gasteiger partial charge in [-0.05, 0) is 12.1 Å². The standard InChI is InChI=1S/C10H14N2O4S/c1-12(8-10(13)14)17(15,16)7-5-9-4-2-3-6-11-9/h2-4,6H,5,7-8H2,1H3,(H,13,14). The Bertz CT molecular complexity index is 472. The Morgan fingerprint density at radius 2 is 2.18 bits per heavy atom. The molecular weight excluding hydrogens is 244 g/mol. The van der Waals surface area contributed by atoms with Crippen molar-refractivity contribution in [3.05, 3.63) is 30.1 Å². The maximum Gasteiger partial charge on any atom is 0.318 e. The van der Waals surface area contributed by atoms with Crippen LogP contribution >= 0.6 is 0 Å². The van der Waals surface area contributed by atoms with E-state index in [-0.39, 0.29) is 12.2 Å². The van der Waals surface area contributed by atoms with Crippen molar-refractivity contribution in [2.75, 3.05) is 19.3 Å². The predicted octanol–water partition coefficient (Wildman–Crippen LogP) is -0.0297. The van der Waals surface area contributed by atoms with E-state index < -0.39 is 22.5 Å². The molecule has 0 unspecified atom stereocenters. The fraction of sp³-hybridized carbons (Fsp3) is 0.400. The average molecular weight is 258 g/mol. The normalized spacial score (nSPS) is 11.6. The van der Waals surface area contributed by atoms with Crippen molar-refractivity contribution in [3.63, 3.8) is 0 Å². The molecule has 0 radical (unpaired) electrons. The number of carboxylic acid groups (broad SMARTS) is 1. The van der Waals surface area contributed by atoms with E-state index in [1.807, 2.05) is 0 Å². The van der Waals surface area contributed by atoms with Crippen LogP contribution in [-0.2, 0) is 21.2 Å². The number of likely N-dealkylation sites (N-methyl/N-ethyl adjacent to an activating group) is 1. The molecule has 0 atom stereocenters. The van der Waals surface area contributed by atoms with Gasteiger partial charge >= 0.3 is 5.97 Å². The van der Waals surface area contributed by atoms with Crippen LogP contribution in [0.25, 0.3) is 0 Å². The molecule has 7 heteroatoms. The summed E-state index contributed by atoms with van der Waals surface area (Å²) in [6.07, 6.45) is 1.86. The number of aryl methyl sites for hydroxylation is 1. The van der Waals surface area contributed by atoms with E-state index in [1.165, 1.54) is 7.05 Å². The number of hydrogen-bond acceptors (Lipinski definition) is 4. The van der Waals surface area contributed by atoms with Gasteiger partial charge in [0.2, 0.25) is 10.0 Å². The van der Waals surface area contributed by atoms with Crippen LogP contribution in [0.2, 0.25) is 0 Å². The zero-order chi connectivity index (χ0) is 12.9. The van der Waals surface area contributed by atoms with Crippen molar-refractivity contribution in [3.8, 4) is 0 Å². The van der Waals surface area contributed by atoms with Crippen LogP contribution in [0, 0.1) is 0 Å². The van der Waals surface area contributed by atoms with Crippen LogP contribution < -0.4 is 0 Å². The number of sulfonamides is 1. The van der Waals surface area contributed by atoms with Crippen LogP contribution in [0.5, 0.6) is 0 Å². The summed E-state index contributed by atoms with van der Waals surface area (Å²) in [5.74, 6) is -1.32. The van der Waals surface area contributed by atoms with E-state index in [2.05, 4.69) is 4.98 Å². The third-order valence-electron chi connectivity index (χ3n) is 2.18. The first kappa shape index (κ1) is 13.6. The van der Waals surface area contributed by atoms with E-state index >= 15 is 0 Å². The van der Waals surface area contributed by atoms with Gasteiger partial charge in [-0.2, -0.15) is 4.31 Å². The summed E-state index contributed by atoms with van der Waals surface area (Å²) in [5, 5.41) is 8.51. The van der Waals surface area contributed by atoms with Gasteiger partial charge in [0.1, 0.15) is 6.54 Å². The summed E-state index contributed by atoms with van der Waals surface area (Å²) in [7, 11) is -2.29. The largest absolute Gasteiger partial charge is 0.480 e. The summed E-state index contributed by atoms with van der Waals surface area (Å²) in [6, 6.07) is 5.25. The molecule has 0 spiro atoms. The van der Waals surface area contributed by atoms with E-state index in [9.17, 15) is 13.2 Å². The molecule has 0 aliphatic rings. The molecular formula is C10H14N2O4S. The minimum absolute atomic E-state index is 0.145. The van der Waals surface area contributed by atoms with Gasteiger partial charge in [-0.15, -0.1) is 0 Å². The minimum atomic E-state index is -3.54. The molecule has 0 aromatic carbocycles. The summed E-state index contributed by atoms with van der Waals surface area (Å²) < 4.78 is 24.2. The van der Waals surface area contributed by atoms with Gasteiger partial charge < -0.3 is 5.11 Å². The fourth-order valence-electron chi connectivity index (χ4n) is 1.22. The summed E-state index contributed by atoms with van der Waals surface area (Å²) in [6.45, 7) is -0.523. The van der Waals surface area contributed by atoms with Crippen LogP contribution in [0.4, 0.5) is 0 Å². The molecule has 0 amide bonds. The molecule has 1 N–H and O–H groups in total. The summed E-state index contributed by atoms with van der Waals surface area (Å²) in [5.41, 5.74) is 0.666. The maximum atomic E-state index is 11.7. The first-order chi connectivity index (χ1) is 7.92. The molecule has 0 bridgehead atoms. The van der Waals surface area contributed by atoms with Crippen LogP contribution in [-0.4, -0.2) is 48.1 Å². The number of hydrogen-bond donors (Lipinski definition) is 1. The molecule has 94 valence electrons. The van der Waals surface area contributed by atoms with Crippen molar-refractivity contribution < 1.29 is 18.3 Å². The Hall–Kier alpha value is -1.47. The number of nitrogens with zero attached hydrogens (tertiary/aromatic N) is 2. The van der Waals surface area contributed by atoms with Crippen LogP contribution in [0.15, 0.2) is 24.4 Å². The molecule has 0 saturated carbocycles. The molecule has 6 nitrogen and oxygen atoms in total. The predicted molar refractivity (Wildman–Crippen MR) is 62.0 cm³/mol.